The molecule has 1 atom stereocenters. The highest BCUT2D eigenvalue weighted by atomic mass is 16.2. The number of nitrogens with one attached hydrogen (secondary N) is 1. The Morgan fingerprint density at radius 1 is 1.19 bits per heavy atom. The van der Waals surface area contributed by atoms with Crippen LogP contribution in [0.5, 0.6) is 0 Å². The zero-order chi connectivity index (χ0) is 18.3. The van der Waals surface area contributed by atoms with Gasteiger partial charge in [-0.1, -0.05) is 37.5 Å². The molecule has 3 aromatic rings. The van der Waals surface area contributed by atoms with Crippen LogP contribution < -0.4 is 10.9 Å². The third-order valence-electron chi connectivity index (χ3n) is 5.52. The molecule has 1 saturated carbocycles. The van der Waals surface area contributed by atoms with Crippen LogP contribution in [0.15, 0.2) is 35.3 Å². The molecule has 136 valence electrons. The number of nitrogens with zero attached hydrogens (tertiary/aromatic N) is 3. The van der Waals surface area contributed by atoms with Crippen LogP contribution in [0.25, 0.3) is 21.8 Å². The molecule has 2 aromatic heterocycles. The van der Waals surface area contributed by atoms with Gasteiger partial charge in [0.25, 0.3) is 5.56 Å². The van der Waals surface area contributed by atoms with Gasteiger partial charge in [-0.25, -0.2) is 4.68 Å². The normalized spacial score (nSPS) is 16.8. The SMILES string of the molecule is CC(C(=O)NC1CCCCC1)n1c2ccccc2c2cnn(C)c(=O)c21. The van der Waals surface area contributed by atoms with Gasteiger partial charge in [-0.3, -0.25) is 9.59 Å². The fourth-order valence-electron chi connectivity index (χ4n) is 4.08. The van der Waals surface area contributed by atoms with Gasteiger partial charge in [0.1, 0.15) is 11.6 Å². The third-order valence-corrected chi connectivity index (χ3v) is 5.52. The largest absolute Gasteiger partial charge is 0.352 e. The molecular formula is C20H24N4O2. The molecule has 6 heteroatoms. The Morgan fingerprint density at radius 3 is 2.69 bits per heavy atom. The lowest BCUT2D eigenvalue weighted by atomic mass is 9.95. The van der Waals surface area contributed by atoms with Crippen LogP contribution in [0.4, 0.5) is 0 Å². The molecule has 0 radical (unpaired) electrons. The van der Waals surface area contributed by atoms with Crippen LogP contribution in [0, 0.1) is 0 Å². The molecule has 1 N–H and O–H groups in total. The van der Waals surface area contributed by atoms with E-state index in [9.17, 15) is 9.59 Å². The summed E-state index contributed by atoms with van der Waals surface area (Å²) in [5.41, 5.74) is 1.24. The Bertz CT molecular complexity index is 1030. The van der Waals surface area contributed by atoms with Gasteiger partial charge in [-0.15, -0.1) is 0 Å². The lowest BCUT2D eigenvalue weighted by molar-refractivity contribution is -0.124. The fraction of sp³-hybridized carbons (Fsp3) is 0.450. The van der Waals surface area contributed by atoms with Gasteiger partial charge in [0.05, 0.1) is 11.7 Å². The summed E-state index contributed by atoms with van der Waals surface area (Å²) >= 11 is 0. The van der Waals surface area contributed by atoms with Crippen molar-refractivity contribution in [3.8, 4) is 0 Å². The number of hydrogen-bond donors (Lipinski definition) is 1. The highest BCUT2D eigenvalue weighted by molar-refractivity contribution is 6.08. The second-order valence-electron chi connectivity index (χ2n) is 7.24. The van der Waals surface area contributed by atoms with E-state index in [1.165, 1.54) is 23.9 Å². The first kappa shape index (κ1) is 16.8. The van der Waals surface area contributed by atoms with Crippen molar-refractivity contribution in [1.29, 1.82) is 0 Å². The van der Waals surface area contributed by atoms with E-state index in [4.69, 9.17) is 0 Å². The van der Waals surface area contributed by atoms with Crippen LogP contribution in [-0.2, 0) is 11.8 Å². The van der Waals surface area contributed by atoms with Crippen LogP contribution in [0.1, 0.15) is 45.1 Å². The monoisotopic (exact) mass is 352 g/mol. The topological polar surface area (TPSA) is 68.9 Å². The summed E-state index contributed by atoms with van der Waals surface area (Å²) in [5.74, 6) is -0.0292. The molecular weight excluding hydrogens is 328 g/mol. The van der Waals surface area contributed by atoms with E-state index in [0.717, 1.165) is 29.1 Å². The average molecular weight is 352 g/mol. The molecule has 1 amide bonds. The molecule has 1 aromatic carbocycles. The predicted molar refractivity (Wildman–Crippen MR) is 102 cm³/mol. The van der Waals surface area contributed by atoms with Gasteiger partial charge in [0.2, 0.25) is 5.91 Å². The van der Waals surface area contributed by atoms with Crippen molar-refractivity contribution in [1.82, 2.24) is 19.7 Å². The van der Waals surface area contributed by atoms with E-state index in [1.54, 1.807) is 13.2 Å². The number of aryl methyl sites for hydroxylation is 1. The molecule has 1 unspecified atom stereocenters. The third kappa shape index (κ3) is 2.69. The zero-order valence-electron chi connectivity index (χ0n) is 15.2. The standard InChI is InChI=1S/C20H24N4O2/c1-13(19(25)22-14-8-4-3-5-9-14)24-17-11-7-6-10-15(17)16-12-21-23(2)20(26)18(16)24/h6-7,10-14H,3-5,8-9H2,1-2H3,(H,22,25). The van der Waals surface area contributed by atoms with Crippen LogP contribution in [0.3, 0.4) is 0 Å². The average Bonchev–Trinajstić information content (AvgIpc) is 3.00. The molecule has 2 heterocycles. The number of aromatic nitrogens is 3. The van der Waals surface area contributed by atoms with Gasteiger partial charge in [0.15, 0.2) is 0 Å². The van der Waals surface area contributed by atoms with Gasteiger partial charge >= 0.3 is 0 Å². The van der Waals surface area contributed by atoms with Crippen LogP contribution >= 0.6 is 0 Å². The van der Waals surface area contributed by atoms with Gasteiger partial charge in [-0.2, -0.15) is 5.10 Å². The molecule has 1 aliphatic rings. The molecule has 0 aliphatic heterocycles. The highest BCUT2D eigenvalue weighted by Crippen LogP contribution is 2.29. The Hall–Kier alpha value is -2.63. The highest BCUT2D eigenvalue weighted by Gasteiger charge is 2.25. The summed E-state index contributed by atoms with van der Waals surface area (Å²) < 4.78 is 3.19. The van der Waals surface area contributed by atoms with E-state index >= 15 is 0 Å². The minimum Gasteiger partial charge on any atom is -0.352 e. The Labute approximate surface area is 151 Å². The van der Waals surface area contributed by atoms with Crippen LogP contribution in [0.2, 0.25) is 0 Å². The summed E-state index contributed by atoms with van der Waals surface area (Å²) in [7, 11) is 1.64. The number of fused-ring (bicyclic) bond motifs is 3. The molecule has 0 spiro atoms. The first-order chi connectivity index (χ1) is 12.6. The van der Waals surface area contributed by atoms with Crippen LogP contribution in [-0.4, -0.2) is 26.3 Å². The van der Waals surface area contributed by atoms with Gasteiger partial charge in [0, 0.05) is 23.9 Å². The summed E-state index contributed by atoms with van der Waals surface area (Å²) in [4.78, 5) is 25.7. The first-order valence-electron chi connectivity index (χ1n) is 9.33. The predicted octanol–water partition coefficient (Wildman–Crippen LogP) is 2.90. The molecule has 26 heavy (non-hydrogen) atoms. The Balaban J connectivity index is 1.82. The maximum absolute atomic E-state index is 12.9. The molecule has 0 saturated heterocycles. The number of carbonyl (C=O) groups excluding carboxylic acids is 1. The fourth-order valence-corrected chi connectivity index (χ4v) is 4.08. The molecule has 1 aliphatic carbocycles. The van der Waals surface area contributed by atoms with E-state index in [1.807, 2.05) is 35.8 Å². The van der Waals surface area contributed by atoms with Gasteiger partial charge in [-0.05, 0) is 25.8 Å². The number of rotatable bonds is 3. The number of amides is 1. The summed E-state index contributed by atoms with van der Waals surface area (Å²) in [6.45, 7) is 1.86. The molecule has 0 bridgehead atoms. The van der Waals surface area contributed by atoms with Crippen molar-refractivity contribution >= 4 is 27.7 Å². The van der Waals surface area contributed by atoms with Crippen molar-refractivity contribution < 1.29 is 4.79 Å². The van der Waals surface area contributed by atoms with Crippen molar-refractivity contribution in [2.75, 3.05) is 0 Å². The van der Waals surface area contributed by atoms with Crippen molar-refractivity contribution in [3.63, 3.8) is 0 Å². The lowest BCUT2D eigenvalue weighted by Gasteiger charge is -2.25. The molecule has 6 nitrogen and oxygen atoms in total. The number of carbonyl (C=O) groups is 1. The number of para-hydroxylation sites is 1. The maximum Gasteiger partial charge on any atom is 0.291 e. The maximum atomic E-state index is 12.9. The van der Waals surface area contributed by atoms with Crippen molar-refractivity contribution in [3.05, 3.63) is 40.8 Å². The van der Waals surface area contributed by atoms with Crippen molar-refractivity contribution in [2.45, 2.75) is 51.1 Å². The minimum absolute atomic E-state index is 0.0292. The molecule has 1 fully saturated rings. The minimum atomic E-state index is -0.463. The Kier molecular flexibility index (Phi) is 4.26. The lowest BCUT2D eigenvalue weighted by Crippen LogP contribution is -2.40. The summed E-state index contributed by atoms with van der Waals surface area (Å²) in [6, 6.07) is 7.59. The summed E-state index contributed by atoms with van der Waals surface area (Å²) in [5, 5.41) is 9.09. The second kappa shape index (κ2) is 6.59. The Morgan fingerprint density at radius 2 is 1.92 bits per heavy atom. The van der Waals surface area contributed by atoms with Gasteiger partial charge < -0.3 is 9.88 Å². The zero-order valence-corrected chi connectivity index (χ0v) is 15.2. The summed E-state index contributed by atoms with van der Waals surface area (Å²) in [6.07, 6.45) is 7.37. The number of benzene rings is 1. The first-order valence-corrected chi connectivity index (χ1v) is 9.33. The smallest absolute Gasteiger partial charge is 0.291 e. The van der Waals surface area contributed by atoms with E-state index in [-0.39, 0.29) is 17.5 Å². The quantitative estimate of drug-likeness (QED) is 0.788. The van der Waals surface area contributed by atoms with E-state index < -0.39 is 6.04 Å². The second-order valence-corrected chi connectivity index (χ2v) is 7.24. The van der Waals surface area contributed by atoms with E-state index in [0.29, 0.717) is 5.52 Å². The van der Waals surface area contributed by atoms with E-state index in [2.05, 4.69) is 10.4 Å². The molecule has 4 rings (SSSR count). The van der Waals surface area contributed by atoms with Crippen molar-refractivity contribution in [2.24, 2.45) is 7.05 Å². The number of hydrogen-bond acceptors (Lipinski definition) is 3.